The summed E-state index contributed by atoms with van der Waals surface area (Å²) in [6.07, 6.45) is 1.83. The molecule has 0 atom stereocenters. The molecule has 1 aliphatic heterocycles. The summed E-state index contributed by atoms with van der Waals surface area (Å²) < 4.78 is 4.11. The van der Waals surface area contributed by atoms with Crippen LogP contribution in [0.5, 0.6) is 0 Å². The summed E-state index contributed by atoms with van der Waals surface area (Å²) in [5, 5.41) is 12.0. The van der Waals surface area contributed by atoms with Gasteiger partial charge in [0.05, 0.1) is 13.2 Å². The van der Waals surface area contributed by atoms with Crippen molar-refractivity contribution in [1.82, 2.24) is 5.32 Å². The number of methoxy groups -OCH3 is 1. The Kier molecular flexibility index (Phi) is 6.80. The minimum atomic E-state index is -0.245. The molecule has 1 saturated heterocycles. The molecule has 0 bridgehead atoms. The first kappa shape index (κ1) is 11.5. The molecule has 0 radical (unpaired) electrons. The predicted molar refractivity (Wildman–Crippen MR) is 49.1 cm³/mol. The van der Waals surface area contributed by atoms with Gasteiger partial charge in [-0.15, -0.1) is 0 Å². The Morgan fingerprint density at radius 2 is 2.00 bits per heavy atom. The summed E-state index contributed by atoms with van der Waals surface area (Å²) in [4.78, 5) is 9.59. The van der Waals surface area contributed by atoms with Crippen LogP contribution in [0, 0.1) is 0 Å². The number of carbonyl (C=O) groups is 1. The zero-order valence-electron chi connectivity index (χ0n) is 7.67. The zero-order chi connectivity index (χ0) is 9.40. The third-order valence-corrected chi connectivity index (χ3v) is 1.60. The average Bonchev–Trinajstić information content (AvgIpc) is 2.07. The molecule has 0 aromatic carbocycles. The zero-order valence-corrected chi connectivity index (χ0v) is 7.67. The van der Waals surface area contributed by atoms with Gasteiger partial charge in [-0.05, 0) is 25.9 Å². The SMILES string of the molecule is BC(=O)OC.OC1CCNCC1. The number of nitrogens with one attached hydrogen (secondary N) is 1. The molecule has 0 unspecified atom stereocenters. The van der Waals surface area contributed by atoms with Gasteiger partial charge in [0, 0.05) is 0 Å². The van der Waals surface area contributed by atoms with Crippen LogP contribution in [-0.4, -0.2) is 45.1 Å². The van der Waals surface area contributed by atoms with Crippen LogP contribution < -0.4 is 5.32 Å². The standard InChI is InChI=1S/C5H11NO.C2H5BO2/c7-5-1-3-6-4-2-5;1-5-2(3)4/h5-7H,1-4H2;3H2,1H3. The Bertz CT molecular complexity index is 126. The van der Waals surface area contributed by atoms with Crippen LogP contribution >= 0.6 is 0 Å². The third-order valence-electron chi connectivity index (χ3n) is 1.60. The summed E-state index contributed by atoms with van der Waals surface area (Å²) >= 11 is 0. The monoisotopic (exact) mass is 173 g/mol. The average molecular weight is 173 g/mol. The second-order valence-corrected chi connectivity index (χ2v) is 2.68. The van der Waals surface area contributed by atoms with Crippen LogP contribution in [0.3, 0.4) is 0 Å². The van der Waals surface area contributed by atoms with E-state index in [1.54, 1.807) is 0 Å². The molecule has 12 heavy (non-hydrogen) atoms. The number of aliphatic hydroxyl groups is 1. The van der Waals surface area contributed by atoms with Crippen LogP contribution in [0.25, 0.3) is 0 Å². The summed E-state index contributed by atoms with van der Waals surface area (Å²) in [5.74, 6) is -0.245. The van der Waals surface area contributed by atoms with E-state index in [2.05, 4.69) is 10.1 Å². The Morgan fingerprint density at radius 3 is 2.17 bits per heavy atom. The molecule has 0 saturated carbocycles. The summed E-state index contributed by atoms with van der Waals surface area (Å²) in [6.45, 7) is 1.97. The van der Waals surface area contributed by atoms with E-state index in [0.29, 0.717) is 0 Å². The van der Waals surface area contributed by atoms with E-state index in [4.69, 9.17) is 5.11 Å². The maximum absolute atomic E-state index is 9.59. The van der Waals surface area contributed by atoms with Gasteiger partial charge in [-0.1, -0.05) is 0 Å². The number of ether oxygens (including phenoxy) is 1. The number of piperidine rings is 1. The van der Waals surface area contributed by atoms with Gasteiger partial charge in [0.2, 0.25) is 13.7 Å². The van der Waals surface area contributed by atoms with Gasteiger partial charge >= 0.3 is 0 Å². The fraction of sp³-hybridized carbons (Fsp3) is 0.857. The number of carbonyl (C=O) groups excluding carboxylic acids is 1. The lowest BCUT2D eigenvalue weighted by atomic mass is 10.1. The van der Waals surface area contributed by atoms with E-state index in [9.17, 15) is 4.79 Å². The fourth-order valence-corrected chi connectivity index (χ4v) is 0.807. The number of aliphatic hydroxyl groups excluding tert-OH is 1. The molecule has 1 rings (SSSR count). The molecule has 0 spiro atoms. The number of hydrogen-bond acceptors (Lipinski definition) is 4. The first-order valence-corrected chi connectivity index (χ1v) is 4.10. The van der Waals surface area contributed by atoms with Crippen molar-refractivity contribution in [3.63, 3.8) is 0 Å². The lowest BCUT2D eigenvalue weighted by Crippen LogP contribution is -2.30. The highest BCUT2D eigenvalue weighted by molar-refractivity contribution is 6.55. The highest BCUT2D eigenvalue weighted by Crippen LogP contribution is 1.99. The van der Waals surface area contributed by atoms with E-state index in [0.717, 1.165) is 25.9 Å². The quantitative estimate of drug-likeness (QED) is 0.467. The molecular weight excluding hydrogens is 157 g/mol. The maximum atomic E-state index is 9.59. The first-order valence-electron chi connectivity index (χ1n) is 4.10. The van der Waals surface area contributed by atoms with Crippen LogP contribution in [0.4, 0.5) is 4.79 Å². The molecule has 5 heteroatoms. The first-order chi connectivity index (χ1) is 5.66. The molecule has 1 fully saturated rings. The van der Waals surface area contributed by atoms with Crippen molar-refractivity contribution >= 4 is 13.7 Å². The van der Waals surface area contributed by atoms with Crippen LogP contribution in [-0.2, 0) is 4.74 Å². The molecule has 4 nitrogen and oxygen atoms in total. The Labute approximate surface area is 73.7 Å². The Balaban J connectivity index is 0.000000217. The minimum absolute atomic E-state index is 0.0266. The Morgan fingerprint density at radius 1 is 1.58 bits per heavy atom. The minimum Gasteiger partial charge on any atom is -0.477 e. The van der Waals surface area contributed by atoms with E-state index in [-0.39, 0.29) is 12.0 Å². The van der Waals surface area contributed by atoms with Crippen molar-refractivity contribution in [1.29, 1.82) is 0 Å². The Hall–Kier alpha value is -0.545. The molecule has 1 aliphatic rings. The van der Waals surface area contributed by atoms with Crippen molar-refractivity contribution in [2.45, 2.75) is 18.9 Å². The fourth-order valence-electron chi connectivity index (χ4n) is 0.807. The van der Waals surface area contributed by atoms with E-state index in [1.807, 2.05) is 0 Å². The molecule has 0 aromatic heterocycles. The normalized spacial score (nSPS) is 17.5. The lowest BCUT2D eigenvalue weighted by molar-refractivity contribution is 0.137. The maximum Gasteiger partial charge on any atom is 0.242 e. The predicted octanol–water partition coefficient (Wildman–Crippen LogP) is -0.883. The van der Waals surface area contributed by atoms with E-state index in [1.165, 1.54) is 15.0 Å². The highest BCUT2D eigenvalue weighted by Gasteiger charge is 2.06. The second-order valence-electron chi connectivity index (χ2n) is 2.68. The van der Waals surface area contributed by atoms with E-state index < -0.39 is 0 Å². The molecule has 0 aromatic rings. The van der Waals surface area contributed by atoms with Gasteiger partial charge < -0.3 is 15.2 Å². The third kappa shape index (κ3) is 7.56. The lowest BCUT2D eigenvalue weighted by Gasteiger charge is -2.16. The smallest absolute Gasteiger partial charge is 0.242 e. The topological polar surface area (TPSA) is 58.6 Å². The van der Waals surface area contributed by atoms with Gasteiger partial charge in [0.25, 0.3) is 0 Å². The van der Waals surface area contributed by atoms with Crippen molar-refractivity contribution in [2.24, 2.45) is 0 Å². The number of rotatable bonds is 0. The van der Waals surface area contributed by atoms with Crippen molar-refractivity contribution in [3.8, 4) is 0 Å². The summed E-state index contributed by atoms with van der Waals surface area (Å²) in [6, 6.07) is 0. The van der Waals surface area contributed by atoms with Crippen molar-refractivity contribution in [2.75, 3.05) is 20.2 Å². The second kappa shape index (κ2) is 7.12. The molecular formula is C7H16BNO3. The largest absolute Gasteiger partial charge is 0.477 e. The molecule has 1 heterocycles. The van der Waals surface area contributed by atoms with Crippen molar-refractivity contribution in [3.05, 3.63) is 0 Å². The van der Waals surface area contributed by atoms with Gasteiger partial charge in [0.1, 0.15) is 0 Å². The van der Waals surface area contributed by atoms with Crippen LogP contribution in [0.1, 0.15) is 12.8 Å². The number of hydrogen-bond donors (Lipinski definition) is 2. The van der Waals surface area contributed by atoms with Crippen molar-refractivity contribution < 1.29 is 14.6 Å². The highest BCUT2D eigenvalue weighted by atomic mass is 16.5. The van der Waals surface area contributed by atoms with Gasteiger partial charge in [-0.3, -0.25) is 4.79 Å². The molecule has 0 amide bonds. The summed E-state index contributed by atoms with van der Waals surface area (Å²) in [7, 11) is 2.71. The molecule has 2 N–H and O–H groups in total. The molecule has 70 valence electrons. The molecule has 0 aliphatic carbocycles. The van der Waals surface area contributed by atoms with Crippen LogP contribution in [0.2, 0.25) is 0 Å². The summed E-state index contributed by atoms with van der Waals surface area (Å²) in [5.41, 5.74) is 0. The van der Waals surface area contributed by atoms with Gasteiger partial charge in [0.15, 0.2) is 0 Å². The van der Waals surface area contributed by atoms with Gasteiger partial charge in [-0.25, -0.2) is 0 Å². The van der Waals surface area contributed by atoms with Crippen LogP contribution in [0.15, 0.2) is 0 Å². The van der Waals surface area contributed by atoms with E-state index >= 15 is 0 Å². The van der Waals surface area contributed by atoms with Gasteiger partial charge in [-0.2, -0.15) is 0 Å².